The first-order valence-electron chi connectivity index (χ1n) is 4.95. The maximum atomic E-state index is 11.9. The van der Waals surface area contributed by atoms with E-state index in [9.17, 15) is 9.35 Å². The van der Waals surface area contributed by atoms with E-state index in [1.54, 1.807) is 20.8 Å². The molecule has 0 N–H and O–H groups in total. The molecule has 0 aliphatic rings. The van der Waals surface area contributed by atoms with Crippen LogP contribution >= 0.6 is 0 Å². The summed E-state index contributed by atoms with van der Waals surface area (Å²) in [6.07, 6.45) is 0.801. The summed E-state index contributed by atoms with van der Waals surface area (Å²) < 4.78 is 15.9. The summed E-state index contributed by atoms with van der Waals surface area (Å²) in [5, 5.41) is 0.0226. The lowest BCUT2D eigenvalue weighted by atomic mass is 10.2. The molecule has 14 heavy (non-hydrogen) atoms. The van der Waals surface area contributed by atoms with Crippen LogP contribution in [0.2, 0.25) is 0 Å². The van der Waals surface area contributed by atoms with E-state index in [0.717, 1.165) is 6.42 Å². The molecule has 2 atom stereocenters. The Labute approximate surface area is 89.4 Å². The van der Waals surface area contributed by atoms with Gasteiger partial charge in [-0.25, -0.2) is 4.79 Å². The number of carbonyl (C=O) groups is 1. The average molecular weight is 220 g/mol. The standard InChI is InChI=1S/C10H20O3S/c1-6-8(3)14(12)10(4,5)9(11)13-7-2/h8H,6-7H2,1-5H3. The van der Waals surface area contributed by atoms with Crippen molar-refractivity contribution < 1.29 is 14.1 Å². The predicted octanol–water partition coefficient (Wildman–Crippen LogP) is 1.88. The van der Waals surface area contributed by atoms with Gasteiger partial charge in [-0.3, -0.25) is 0 Å². The smallest absolute Gasteiger partial charge is 0.362 e. The first kappa shape index (κ1) is 13.8. The third kappa shape index (κ3) is 3.17. The van der Waals surface area contributed by atoms with Gasteiger partial charge < -0.3 is 9.29 Å². The van der Waals surface area contributed by atoms with Crippen molar-refractivity contribution in [1.29, 1.82) is 0 Å². The van der Waals surface area contributed by atoms with E-state index in [4.69, 9.17) is 4.74 Å². The summed E-state index contributed by atoms with van der Waals surface area (Å²) in [5.41, 5.74) is 0. The van der Waals surface area contributed by atoms with Gasteiger partial charge in [0, 0.05) is 0 Å². The van der Waals surface area contributed by atoms with Crippen LogP contribution < -0.4 is 0 Å². The molecule has 0 aromatic carbocycles. The lowest BCUT2D eigenvalue weighted by molar-refractivity contribution is -0.145. The third-order valence-electron chi connectivity index (χ3n) is 2.21. The van der Waals surface area contributed by atoms with Crippen LogP contribution in [-0.4, -0.2) is 27.1 Å². The summed E-state index contributed by atoms with van der Waals surface area (Å²) in [6.45, 7) is 9.28. The van der Waals surface area contributed by atoms with E-state index in [2.05, 4.69) is 0 Å². The normalized spacial score (nSPS) is 16.1. The average Bonchev–Trinajstić information content (AvgIpc) is 2.15. The Morgan fingerprint density at radius 1 is 1.50 bits per heavy atom. The van der Waals surface area contributed by atoms with Crippen molar-refractivity contribution in [2.75, 3.05) is 6.61 Å². The van der Waals surface area contributed by atoms with Crippen molar-refractivity contribution in [1.82, 2.24) is 0 Å². The van der Waals surface area contributed by atoms with Gasteiger partial charge in [-0.2, -0.15) is 0 Å². The lowest BCUT2D eigenvalue weighted by Gasteiger charge is -2.29. The number of hydrogen-bond donors (Lipinski definition) is 0. The van der Waals surface area contributed by atoms with Crippen LogP contribution in [0.1, 0.15) is 41.0 Å². The lowest BCUT2D eigenvalue weighted by Crippen LogP contribution is -2.46. The van der Waals surface area contributed by atoms with Crippen molar-refractivity contribution in [3.63, 3.8) is 0 Å². The summed E-state index contributed by atoms with van der Waals surface area (Å²) >= 11 is -1.18. The van der Waals surface area contributed by atoms with Crippen molar-refractivity contribution >= 4 is 17.1 Å². The minimum Gasteiger partial charge on any atom is -0.615 e. The molecule has 0 aromatic rings. The highest BCUT2D eigenvalue weighted by Gasteiger charge is 2.43. The van der Waals surface area contributed by atoms with Gasteiger partial charge in [0.1, 0.15) is 5.25 Å². The largest absolute Gasteiger partial charge is 0.615 e. The fourth-order valence-electron chi connectivity index (χ4n) is 1.04. The second kappa shape index (κ2) is 5.61. The molecule has 0 aliphatic carbocycles. The maximum absolute atomic E-state index is 11.9. The molecule has 0 aromatic heterocycles. The van der Waals surface area contributed by atoms with Crippen LogP contribution in [0.25, 0.3) is 0 Å². The van der Waals surface area contributed by atoms with Gasteiger partial charge in [0.25, 0.3) is 0 Å². The minimum absolute atomic E-state index is 0.0226. The van der Waals surface area contributed by atoms with Crippen molar-refractivity contribution in [3.8, 4) is 0 Å². The van der Waals surface area contributed by atoms with E-state index in [1.807, 2.05) is 13.8 Å². The second-order valence-corrected chi connectivity index (χ2v) is 6.17. The molecule has 0 saturated carbocycles. The molecule has 0 heterocycles. The highest BCUT2D eigenvalue weighted by molar-refractivity contribution is 7.94. The summed E-state index contributed by atoms with van der Waals surface area (Å²) in [4.78, 5) is 11.5. The Morgan fingerprint density at radius 2 is 2.00 bits per heavy atom. The van der Waals surface area contributed by atoms with Crippen molar-refractivity contribution in [3.05, 3.63) is 0 Å². The Hall–Kier alpha value is -0.220. The zero-order chi connectivity index (χ0) is 11.4. The first-order valence-corrected chi connectivity index (χ1v) is 6.17. The van der Waals surface area contributed by atoms with E-state index < -0.39 is 15.9 Å². The van der Waals surface area contributed by atoms with Gasteiger partial charge in [-0.15, -0.1) is 0 Å². The van der Waals surface area contributed by atoms with Gasteiger partial charge in [-0.1, -0.05) is 6.92 Å². The van der Waals surface area contributed by atoms with Crippen LogP contribution in [0.15, 0.2) is 0 Å². The quantitative estimate of drug-likeness (QED) is 0.525. The molecule has 0 spiro atoms. The summed E-state index contributed by atoms with van der Waals surface area (Å²) in [5.74, 6) is -0.376. The number of carbonyl (C=O) groups excluding carboxylic acids is 1. The van der Waals surface area contributed by atoms with Crippen LogP contribution in [0.4, 0.5) is 0 Å². The molecule has 0 aliphatic heterocycles. The highest BCUT2D eigenvalue weighted by atomic mass is 32.2. The molecule has 0 rings (SSSR count). The monoisotopic (exact) mass is 220 g/mol. The Morgan fingerprint density at radius 3 is 2.36 bits per heavy atom. The molecular formula is C10H20O3S. The Kier molecular flexibility index (Phi) is 5.52. The second-order valence-electron chi connectivity index (χ2n) is 3.75. The zero-order valence-electron chi connectivity index (χ0n) is 9.62. The number of esters is 1. The maximum Gasteiger partial charge on any atom is 0.362 e. The molecule has 3 nitrogen and oxygen atoms in total. The predicted molar refractivity (Wildman–Crippen MR) is 58.6 cm³/mol. The van der Waals surface area contributed by atoms with Crippen molar-refractivity contribution in [2.45, 2.75) is 51.0 Å². The topological polar surface area (TPSA) is 49.4 Å². The third-order valence-corrected chi connectivity index (χ3v) is 4.45. The van der Waals surface area contributed by atoms with Crippen LogP contribution in [0, 0.1) is 0 Å². The number of ether oxygens (including phenoxy) is 1. The van der Waals surface area contributed by atoms with Crippen LogP contribution in [0.3, 0.4) is 0 Å². The van der Waals surface area contributed by atoms with Crippen LogP contribution in [-0.2, 0) is 20.7 Å². The van der Waals surface area contributed by atoms with E-state index >= 15 is 0 Å². The number of hydrogen-bond acceptors (Lipinski definition) is 3. The van der Waals surface area contributed by atoms with E-state index in [-0.39, 0.29) is 11.2 Å². The minimum atomic E-state index is -1.18. The van der Waals surface area contributed by atoms with E-state index in [0.29, 0.717) is 6.61 Å². The molecule has 0 bridgehead atoms. The summed E-state index contributed by atoms with van der Waals surface area (Å²) in [6, 6.07) is 0. The molecule has 0 amide bonds. The highest BCUT2D eigenvalue weighted by Crippen LogP contribution is 2.24. The summed E-state index contributed by atoms with van der Waals surface area (Å²) in [7, 11) is 0. The fourth-order valence-corrected chi connectivity index (χ4v) is 2.57. The molecule has 0 radical (unpaired) electrons. The first-order chi connectivity index (χ1) is 6.37. The molecule has 0 saturated heterocycles. The fraction of sp³-hybridized carbons (Fsp3) is 0.900. The Balaban J connectivity index is 4.50. The molecule has 84 valence electrons. The zero-order valence-corrected chi connectivity index (χ0v) is 10.4. The van der Waals surface area contributed by atoms with Gasteiger partial charge in [0.15, 0.2) is 0 Å². The van der Waals surface area contributed by atoms with Gasteiger partial charge in [0.05, 0.1) is 6.61 Å². The molecular weight excluding hydrogens is 200 g/mol. The molecule has 0 fully saturated rings. The van der Waals surface area contributed by atoms with Gasteiger partial charge >= 0.3 is 5.97 Å². The van der Waals surface area contributed by atoms with Gasteiger partial charge in [0.2, 0.25) is 4.75 Å². The van der Waals surface area contributed by atoms with Crippen molar-refractivity contribution in [2.24, 2.45) is 0 Å². The SMILES string of the molecule is CCOC(=O)C(C)(C)[S+]([O-])C(C)CC. The molecule has 4 heteroatoms. The van der Waals surface area contributed by atoms with Crippen LogP contribution in [0.5, 0.6) is 0 Å². The number of rotatable bonds is 5. The Bertz CT molecular complexity index is 192. The van der Waals surface area contributed by atoms with Gasteiger partial charge in [-0.05, 0) is 45.3 Å². The molecule has 2 unspecified atom stereocenters. The van der Waals surface area contributed by atoms with E-state index in [1.165, 1.54) is 0 Å².